The third-order valence-corrected chi connectivity index (χ3v) is 7.07. The van der Waals surface area contributed by atoms with Crippen molar-refractivity contribution in [1.82, 2.24) is 4.90 Å². The van der Waals surface area contributed by atoms with Crippen LogP contribution in [0.25, 0.3) is 0 Å². The van der Waals surface area contributed by atoms with E-state index in [1.165, 1.54) is 24.6 Å². The van der Waals surface area contributed by atoms with Crippen LogP contribution in [0.1, 0.15) is 35.7 Å². The number of piperazine rings is 1. The maximum absolute atomic E-state index is 12.8. The molecule has 3 aromatic rings. The molecule has 1 heterocycles. The average Bonchev–Trinajstić information content (AvgIpc) is 2.91. The Balaban J connectivity index is 1.24. The summed E-state index contributed by atoms with van der Waals surface area (Å²) in [6, 6.07) is 20.6. The highest BCUT2D eigenvalue weighted by Gasteiger charge is 2.23. The number of urea groups is 1. The Kier molecular flexibility index (Phi) is 9.26. The number of nitrogens with one attached hydrogen (secondary N) is 2. The molecule has 1 fully saturated rings. The Bertz CT molecular complexity index is 1270. The van der Waals surface area contributed by atoms with Gasteiger partial charge in [0.25, 0.3) is 0 Å². The van der Waals surface area contributed by atoms with Crippen molar-refractivity contribution in [3.63, 3.8) is 0 Å². The van der Waals surface area contributed by atoms with E-state index in [-0.39, 0.29) is 27.8 Å². The van der Waals surface area contributed by atoms with Crippen molar-refractivity contribution >= 4 is 58.0 Å². The normalized spacial score (nSPS) is 13.2. The number of aryl methyl sites for hydroxylation is 1. The molecule has 0 radical (unpaired) electrons. The Labute approximate surface area is 232 Å². The first kappa shape index (κ1) is 27.5. The summed E-state index contributed by atoms with van der Waals surface area (Å²) in [4.78, 5) is 40.6. The van der Waals surface area contributed by atoms with Gasteiger partial charge in [0, 0.05) is 49.5 Å². The standard InChI is InChI=1S/C29H30Cl2N4O3/c1-20(36)22-18-25(30)28(26(31)19-22)33-29(38)35-16-14-34(15-17-35)24-12-10-23(11-13-24)32-27(37)9-5-8-21-6-3-2-4-7-21/h2-4,6-7,10-13,18-19H,5,8-9,14-17H2,1H3,(H,32,37)(H,33,38). The maximum atomic E-state index is 12.8. The van der Waals surface area contributed by atoms with Crippen LogP contribution in [-0.2, 0) is 11.2 Å². The van der Waals surface area contributed by atoms with E-state index >= 15 is 0 Å². The monoisotopic (exact) mass is 552 g/mol. The van der Waals surface area contributed by atoms with Crippen LogP contribution < -0.4 is 15.5 Å². The van der Waals surface area contributed by atoms with Crippen molar-refractivity contribution in [2.24, 2.45) is 0 Å². The number of ketones is 1. The molecule has 198 valence electrons. The summed E-state index contributed by atoms with van der Waals surface area (Å²) < 4.78 is 0. The van der Waals surface area contributed by atoms with Gasteiger partial charge in [0.05, 0.1) is 15.7 Å². The molecule has 0 saturated carbocycles. The number of hydrogen-bond acceptors (Lipinski definition) is 4. The van der Waals surface area contributed by atoms with Crippen molar-refractivity contribution in [3.8, 4) is 0 Å². The highest BCUT2D eigenvalue weighted by Crippen LogP contribution is 2.32. The largest absolute Gasteiger partial charge is 0.368 e. The van der Waals surface area contributed by atoms with E-state index in [1.807, 2.05) is 42.5 Å². The van der Waals surface area contributed by atoms with E-state index in [9.17, 15) is 14.4 Å². The van der Waals surface area contributed by atoms with Crippen LogP contribution in [0, 0.1) is 0 Å². The van der Waals surface area contributed by atoms with Gasteiger partial charge in [-0.2, -0.15) is 0 Å². The van der Waals surface area contributed by atoms with Gasteiger partial charge in [0.2, 0.25) is 5.91 Å². The Morgan fingerprint density at radius 1 is 0.842 bits per heavy atom. The smallest absolute Gasteiger partial charge is 0.322 e. The summed E-state index contributed by atoms with van der Waals surface area (Å²) in [6.45, 7) is 3.78. The van der Waals surface area contributed by atoms with Crippen LogP contribution in [0.2, 0.25) is 10.0 Å². The molecule has 0 aromatic heterocycles. The predicted octanol–water partition coefficient (Wildman–Crippen LogP) is 6.51. The number of rotatable bonds is 8. The molecule has 2 N–H and O–H groups in total. The van der Waals surface area contributed by atoms with Gasteiger partial charge in [-0.25, -0.2) is 4.79 Å². The van der Waals surface area contributed by atoms with Gasteiger partial charge in [0.15, 0.2) is 5.78 Å². The van der Waals surface area contributed by atoms with Gasteiger partial charge in [-0.1, -0.05) is 53.5 Å². The first-order chi connectivity index (χ1) is 18.3. The molecule has 4 rings (SSSR count). The molecule has 9 heteroatoms. The summed E-state index contributed by atoms with van der Waals surface area (Å²) in [5.74, 6) is -0.151. The molecule has 3 aromatic carbocycles. The number of amides is 3. The molecular formula is C29H30Cl2N4O3. The first-order valence-electron chi connectivity index (χ1n) is 12.5. The lowest BCUT2D eigenvalue weighted by Crippen LogP contribution is -2.50. The molecule has 1 aliphatic rings. The highest BCUT2D eigenvalue weighted by atomic mass is 35.5. The maximum Gasteiger partial charge on any atom is 0.322 e. The molecule has 0 spiro atoms. The fourth-order valence-electron chi connectivity index (χ4n) is 4.33. The second-order valence-electron chi connectivity index (χ2n) is 9.21. The number of Topliss-reactive ketones (excluding diaryl/α,β-unsaturated/α-hetero) is 1. The highest BCUT2D eigenvalue weighted by molar-refractivity contribution is 6.40. The van der Waals surface area contributed by atoms with Crippen LogP contribution in [0.3, 0.4) is 0 Å². The molecule has 0 unspecified atom stereocenters. The molecule has 1 aliphatic heterocycles. The van der Waals surface area contributed by atoms with E-state index in [1.54, 1.807) is 4.90 Å². The molecule has 38 heavy (non-hydrogen) atoms. The van der Waals surface area contributed by atoms with E-state index in [0.29, 0.717) is 43.9 Å². The number of benzene rings is 3. The minimum absolute atomic E-state index is 0.00412. The van der Waals surface area contributed by atoms with Crippen molar-refractivity contribution in [2.45, 2.75) is 26.2 Å². The van der Waals surface area contributed by atoms with Crippen molar-refractivity contribution in [2.75, 3.05) is 41.7 Å². The summed E-state index contributed by atoms with van der Waals surface area (Å²) in [6.07, 6.45) is 2.15. The number of carbonyl (C=O) groups is 3. The second kappa shape index (κ2) is 12.8. The van der Waals surface area contributed by atoms with Gasteiger partial charge in [0.1, 0.15) is 0 Å². The van der Waals surface area contributed by atoms with Crippen molar-refractivity contribution in [3.05, 3.63) is 87.9 Å². The zero-order chi connectivity index (χ0) is 27.1. The van der Waals surface area contributed by atoms with Crippen LogP contribution >= 0.6 is 23.2 Å². The van der Waals surface area contributed by atoms with E-state index < -0.39 is 0 Å². The van der Waals surface area contributed by atoms with Gasteiger partial charge >= 0.3 is 6.03 Å². The minimum atomic E-state index is -0.297. The molecule has 0 aliphatic carbocycles. The van der Waals surface area contributed by atoms with Gasteiger partial charge in [-0.05, 0) is 61.7 Å². The molecular weight excluding hydrogens is 523 g/mol. The van der Waals surface area contributed by atoms with Gasteiger partial charge in [-0.15, -0.1) is 0 Å². The number of anilines is 3. The zero-order valence-corrected chi connectivity index (χ0v) is 22.7. The lowest BCUT2D eigenvalue weighted by atomic mass is 10.1. The minimum Gasteiger partial charge on any atom is -0.368 e. The molecule has 0 atom stereocenters. The lowest BCUT2D eigenvalue weighted by Gasteiger charge is -2.36. The number of nitrogens with zero attached hydrogens (tertiary/aromatic N) is 2. The quantitative estimate of drug-likeness (QED) is 0.312. The molecule has 0 bridgehead atoms. The average molecular weight is 553 g/mol. The zero-order valence-electron chi connectivity index (χ0n) is 21.2. The summed E-state index contributed by atoms with van der Waals surface area (Å²) in [7, 11) is 0. The van der Waals surface area contributed by atoms with Crippen LogP contribution in [-0.4, -0.2) is 48.8 Å². The van der Waals surface area contributed by atoms with Crippen LogP contribution in [0.5, 0.6) is 0 Å². The fourth-order valence-corrected chi connectivity index (χ4v) is 4.91. The van der Waals surface area contributed by atoms with Crippen LogP contribution in [0.4, 0.5) is 21.9 Å². The van der Waals surface area contributed by atoms with Gasteiger partial charge in [-0.3, -0.25) is 9.59 Å². The van der Waals surface area contributed by atoms with Crippen molar-refractivity contribution in [1.29, 1.82) is 0 Å². The van der Waals surface area contributed by atoms with E-state index in [2.05, 4.69) is 27.7 Å². The molecule has 1 saturated heterocycles. The Hall–Kier alpha value is -3.55. The Morgan fingerprint density at radius 3 is 2.08 bits per heavy atom. The SMILES string of the molecule is CC(=O)c1cc(Cl)c(NC(=O)N2CCN(c3ccc(NC(=O)CCCc4ccccc4)cc3)CC2)c(Cl)c1. The molecule has 3 amide bonds. The molecule has 7 nitrogen and oxygen atoms in total. The lowest BCUT2D eigenvalue weighted by molar-refractivity contribution is -0.116. The topological polar surface area (TPSA) is 81.8 Å². The summed E-state index contributed by atoms with van der Waals surface area (Å²) >= 11 is 12.5. The van der Waals surface area contributed by atoms with Crippen molar-refractivity contribution < 1.29 is 14.4 Å². The van der Waals surface area contributed by atoms with Crippen LogP contribution in [0.15, 0.2) is 66.7 Å². The van der Waals surface area contributed by atoms with E-state index in [0.717, 1.165) is 24.2 Å². The summed E-state index contributed by atoms with van der Waals surface area (Å²) in [5.41, 5.74) is 3.71. The number of halogens is 2. The first-order valence-corrected chi connectivity index (χ1v) is 13.3. The third-order valence-electron chi connectivity index (χ3n) is 6.48. The predicted molar refractivity (Wildman–Crippen MR) is 154 cm³/mol. The fraction of sp³-hybridized carbons (Fsp3) is 0.276. The summed E-state index contributed by atoms with van der Waals surface area (Å²) in [5, 5.41) is 6.18. The third kappa shape index (κ3) is 7.27. The number of carbonyl (C=O) groups excluding carboxylic acids is 3. The Morgan fingerprint density at radius 2 is 1.47 bits per heavy atom. The second-order valence-corrected chi connectivity index (χ2v) is 10.0. The van der Waals surface area contributed by atoms with E-state index in [4.69, 9.17) is 23.2 Å². The van der Waals surface area contributed by atoms with Gasteiger partial charge < -0.3 is 20.4 Å². The number of hydrogen-bond donors (Lipinski definition) is 2.